The van der Waals surface area contributed by atoms with Crippen LogP contribution < -0.4 is 0 Å². The van der Waals surface area contributed by atoms with Crippen LogP contribution >= 0.6 is 0 Å². The summed E-state index contributed by atoms with van der Waals surface area (Å²) in [6.07, 6.45) is 3.72. The Balaban J connectivity index is 2.12. The normalized spacial score (nSPS) is 11.2. The maximum Gasteiger partial charge on any atom is 0.101 e. The first-order valence-corrected chi connectivity index (χ1v) is 6.61. The molecule has 0 aliphatic carbocycles. The van der Waals surface area contributed by atoms with Crippen molar-refractivity contribution in [2.24, 2.45) is 0 Å². The Hall–Kier alpha value is -2.68. The predicted molar refractivity (Wildman–Crippen MR) is 81.6 cm³/mol. The van der Waals surface area contributed by atoms with Gasteiger partial charge in [-0.25, -0.2) is 0 Å². The average molecular weight is 259 g/mol. The van der Waals surface area contributed by atoms with E-state index in [1.54, 1.807) is 0 Å². The van der Waals surface area contributed by atoms with Gasteiger partial charge in [0.15, 0.2) is 0 Å². The minimum Gasteiger partial charge on any atom is -0.277 e. The van der Waals surface area contributed by atoms with E-state index in [0.717, 1.165) is 22.2 Å². The summed E-state index contributed by atoms with van der Waals surface area (Å²) in [5, 5.41) is 11.2. The fourth-order valence-electron chi connectivity index (χ4n) is 2.77. The van der Waals surface area contributed by atoms with Gasteiger partial charge in [0.1, 0.15) is 5.69 Å². The second kappa shape index (κ2) is 4.17. The van der Waals surface area contributed by atoms with Crippen LogP contribution in [0.4, 0.5) is 0 Å². The van der Waals surface area contributed by atoms with E-state index in [4.69, 9.17) is 0 Å². The summed E-state index contributed by atoms with van der Waals surface area (Å²) in [5.41, 5.74) is 4.46. The highest BCUT2D eigenvalue weighted by Crippen LogP contribution is 2.33. The standard InChI is InChI=1S/C17H13N3/c1-11-4-2-7-15-16(11)17(20-19-15)14-6-3-5-12-10-18-9-8-13(12)14/h2-10H,1H3,(H,19,20). The molecule has 1 N–H and O–H groups in total. The second-order valence-corrected chi connectivity index (χ2v) is 4.97. The molecule has 0 aliphatic rings. The predicted octanol–water partition coefficient (Wildman–Crippen LogP) is 4.09. The number of nitrogens with zero attached hydrogens (tertiary/aromatic N) is 2. The summed E-state index contributed by atoms with van der Waals surface area (Å²) < 4.78 is 0. The van der Waals surface area contributed by atoms with Crippen LogP contribution in [0.15, 0.2) is 54.9 Å². The van der Waals surface area contributed by atoms with E-state index < -0.39 is 0 Å². The number of rotatable bonds is 1. The highest BCUT2D eigenvalue weighted by Gasteiger charge is 2.12. The molecular weight excluding hydrogens is 246 g/mol. The van der Waals surface area contributed by atoms with E-state index in [1.165, 1.54) is 16.3 Å². The third-order valence-electron chi connectivity index (χ3n) is 3.73. The highest BCUT2D eigenvalue weighted by molar-refractivity contribution is 6.04. The van der Waals surface area contributed by atoms with Crippen molar-refractivity contribution in [1.29, 1.82) is 0 Å². The third kappa shape index (κ3) is 1.53. The van der Waals surface area contributed by atoms with Crippen molar-refractivity contribution in [1.82, 2.24) is 15.2 Å². The first-order chi connectivity index (χ1) is 9.84. The smallest absolute Gasteiger partial charge is 0.101 e. The molecule has 20 heavy (non-hydrogen) atoms. The molecule has 0 bridgehead atoms. The number of hydrogen-bond acceptors (Lipinski definition) is 2. The zero-order valence-corrected chi connectivity index (χ0v) is 11.1. The van der Waals surface area contributed by atoms with Crippen LogP contribution in [-0.4, -0.2) is 15.2 Å². The van der Waals surface area contributed by atoms with Crippen LogP contribution in [0.3, 0.4) is 0 Å². The number of nitrogens with one attached hydrogen (secondary N) is 1. The molecule has 4 rings (SSSR count). The minimum absolute atomic E-state index is 1.01. The Morgan fingerprint density at radius 1 is 1.00 bits per heavy atom. The molecule has 0 atom stereocenters. The molecular formula is C17H13N3. The Bertz CT molecular complexity index is 916. The summed E-state index contributed by atoms with van der Waals surface area (Å²) in [5.74, 6) is 0. The van der Waals surface area contributed by atoms with Gasteiger partial charge in [0.2, 0.25) is 0 Å². The van der Waals surface area contributed by atoms with Crippen molar-refractivity contribution >= 4 is 21.7 Å². The molecule has 2 aromatic carbocycles. The largest absolute Gasteiger partial charge is 0.277 e. The summed E-state index contributed by atoms with van der Waals surface area (Å²) in [7, 11) is 0. The zero-order chi connectivity index (χ0) is 13.5. The SMILES string of the molecule is Cc1cccc2[nH]nc(-c3cccc4cnccc34)c12. The Morgan fingerprint density at radius 3 is 2.85 bits per heavy atom. The van der Waals surface area contributed by atoms with E-state index in [2.05, 4.69) is 52.4 Å². The molecule has 0 saturated carbocycles. The van der Waals surface area contributed by atoms with Crippen LogP contribution in [0.2, 0.25) is 0 Å². The van der Waals surface area contributed by atoms with E-state index >= 15 is 0 Å². The highest BCUT2D eigenvalue weighted by atomic mass is 15.1. The molecule has 0 saturated heterocycles. The number of fused-ring (bicyclic) bond motifs is 2. The summed E-state index contributed by atoms with van der Waals surface area (Å²) in [6, 6.07) is 14.5. The van der Waals surface area contributed by atoms with Crippen molar-refractivity contribution in [3.05, 3.63) is 60.4 Å². The zero-order valence-electron chi connectivity index (χ0n) is 11.1. The van der Waals surface area contributed by atoms with Crippen molar-refractivity contribution in [2.45, 2.75) is 6.92 Å². The van der Waals surface area contributed by atoms with Crippen LogP contribution in [0, 0.1) is 6.92 Å². The molecule has 4 aromatic rings. The Labute approximate surface area is 116 Å². The van der Waals surface area contributed by atoms with E-state index in [9.17, 15) is 0 Å². The van der Waals surface area contributed by atoms with E-state index in [0.29, 0.717) is 0 Å². The first-order valence-electron chi connectivity index (χ1n) is 6.61. The van der Waals surface area contributed by atoms with Gasteiger partial charge in [-0.15, -0.1) is 0 Å². The monoisotopic (exact) mass is 259 g/mol. The quantitative estimate of drug-likeness (QED) is 0.559. The van der Waals surface area contributed by atoms with Crippen molar-refractivity contribution in [2.75, 3.05) is 0 Å². The van der Waals surface area contributed by atoms with Crippen LogP contribution in [0.25, 0.3) is 32.9 Å². The molecule has 96 valence electrons. The summed E-state index contributed by atoms with van der Waals surface area (Å²) in [6.45, 7) is 2.12. The molecule has 0 radical (unpaired) electrons. The van der Waals surface area contributed by atoms with Crippen molar-refractivity contribution in [3.63, 3.8) is 0 Å². The van der Waals surface area contributed by atoms with Crippen LogP contribution in [0.1, 0.15) is 5.56 Å². The maximum absolute atomic E-state index is 4.53. The lowest BCUT2D eigenvalue weighted by Crippen LogP contribution is -1.84. The number of pyridine rings is 1. The molecule has 0 fully saturated rings. The number of hydrogen-bond donors (Lipinski definition) is 1. The number of aromatic amines is 1. The van der Waals surface area contributed by atoms with Gasteiger partial charge in [-0.1, -0.05) is 30.3 Å². The van der Waals surface area contributed by atoms with E-state index in [-0.39, 0.29) is 0 Å². The molecule has 3 heteroatoms. The van der Waals surface area contributed by atoms with Crippen molar-refractivity contribution in [3.8, 4) is 11.3 Å². The van der Waals surface area contributed by atoms with Gasteiger partial charge in [0.05, 0.1) is 5.52 Å². The fourth-order valence-corrected chi connectivity index (χ4v) is 2.77. The van der Waals surface area contributed by atoms with Gasteiger partial charge in [-0.05, 0) is 30.0 Å². The average Bonchev–Trinajstić information content (AvgIpc) is 2.92. The number of aromatic nitrogens is 3. The molecule has 0 aliphatic heterocycles. The van der Waals surface area contributed by atoms with Crippen molar-refractivity contribution < 1.29 is 0 Å². The minimum atomic E-state index is 1.01. The second-order valence-electron chi connectivity index (χ2n) is 4.97. The Morgan fingerprint density at radius 2 is 1.90 bits per heavy atom. The van der Waals surface area contributed by atoms with E-state index in [1.807, 2.05) is 24.5 Å². The van der Waals surface area contributed by atoms with Crippen LogP contribution in [-0.2, 0) is 0 Å². The number of H-pyrrole nitrogens is 1. The lowest BCUT2D eigenvalue weighted by Gasteiger charge is -2.05. The topological polar surface area (TPSA) is 41.6 Å². The summed E-state index contributed by atoms with van der Waals surface area (Å²) >= 11 is 0. The molecule has 2 heterocycles. The summed E-state index contributed by atoms with van der Waals surface area (Å²) in [4.78, 5) is 4.19. The van der Waals surface area contributed by atoms with Gasteiger partial charge in [0.25, 0.3) is 0 Å². The maximum atomic E-state index is 4.53. The fraction of sp³-hybridized carbons (Fsp3) is 0.0588. The third-order valence-corrected chi connectivity index (χ3v) is 3.73. The lowest BCUT2D eigenvalue weighted by atomic mass is 9.99. The lowest BCUT2D eigenvalue weighted by molar-refractivity contribution is 1.12. The molecule has 0 amide bonds. The molecule has 0 spiro atoms. The number of aryl methyl sites for hydroxylation is 1. The molecule has 0 unspecified atom stereocenters. The Kier molecular flexibility index (Phi) is 2.33. The van der Waals surface area contributed by atoms with Gasteiger partial charge >= 0.3 is 0 Å². The van der Waals surface area contributed by atoms with Crippen LogP contribution in [0.5, 0.6) is 0 Å². The van der Waals surface area contributed by atoms with Gasteiger partial charge in [-0.3, -0.25) is 10.1 Å². The van der Waals surface area contributed by atoms with Gasteiger partial charge in [0, 0.05) is 28.7 Å². The van der Waals surface area contributed by atoms with Gasteiger partial charge < -0.3 is 0 Å². The molecule has 3 nitrogen and oxygen atoms in total. The number of benzene rings is 2. The molecule has 2 aromatic heterocycles. The van der Waals surface area contributed by atoms with Gasteiger partial charge in [-0.2, -0.15) is 5.10 Å². The first kappa shape index (κ1) is 11.2.